The summed E-state index contributed by atoms with van der Waals surface area (Å²) >= 11 is 0. The molecular formula is C17H25N. The molecule has 1 nitrogen and oxygen atoms in total. The van der Waals surface area contributed by atoms with E-state index in [1.165, 1.54) is 23.1 Å². The molecule has 2 N–H and O–H groups in total. The van der Waals surface area contributed by atoms with E-state index in [4.69, 9.17) is 5.73 Å². The molecule has 1 aliphatic carbocycles. The number of hydrogen-bond donors (Lipinski definition) is 1. The van der Waals surface area contributed by atoms with Gasteiger partial charge in [-0.3, -0.25) is 0 Å². The lowest BCUT2D eigenvalue weighted by Crippen LogP contribution is -2.14. The molecule has 1 atom stereocenters. The van der Waals surface area contributed by atoms with Crippen LogP contribution in [0.25, 0.3) is 6.08 Å². The van der Waals surface area contributed by atoms with Gasteiger partial charge in [-0.2, -0.15) is 0 Å². The quantitative estimate of drug-likeness (QED) is 0.829. The first-order chi connectivity index (χ1) is 8.58. The van der Waals surface area contributed by atoms with Crippen molar-refractivity contribution < 1.29 is 0 Å². The smallest absolute Gasteiger partial charge is 0.00105 e. The van der Waals surface area contributed by atoms with Crippen LogP contribution in [0.5, 0.6) is 0 Å². The fourth-order valence-electron chi connectivity index (χ4n) is 2.76. The second-order valence-corrected chi connectivity index (χ2v) is 5.88. The zero-order valence-corrected chi connectivity index (χ0v) is 11.9. The van der Waals surface area contributed by atoms with Crippen molar-refractivity contribution in [3.63, 3.8) is 0 Å². The Hall–Kier alpha value is -1.08. The Morgan fingerprint density at radius 3 is 2.67 bits per heavy atom. The average molecular weight is 243 g/mol. The SMILES string of the molecule is CC(N)CCCc1cc2c(c(C(C)C)c1)CC=C2. The Morgan fingerprint density at radius 2 is 2.00 bits per heavy atom. The van der Waals surface area contributed by atoms with Crippen LogP contribution in [0.3, 0.4) is 0 Å². The Kier molecular flexibility index (Phi) is 4.23. The molecule has 1 unspecified atom stereocenters. The summed E-state index contributed by atoms with van der Waals surface area (Å²) in [6.07, 6.45) is 9.13. The lowest BCUT2D eigenvalue weighted by atomic mass is 9.90. The van der Waals surface area contributed by atoms with Gasteiger partial charge in [0.1, 0.15) is 0 Å². The van der Waals surface area contributed by atoms with E-state index < -0.39 is 0 Å². The maximum atomic E-state index is 5.81. The monoisotopic (exact) mass is 243 g/mol. The van der Waals surface area contributed by atoms with Crippen LogP contribution in [-0.4, -0.2) is 6.04 Å². The van der Waals surface area contributed by atoms with E-state index in [1.54, 1.807) is 5.56 Å². The summed E-state index contributed by atoms with van der Waals surface area (Å²) in [5.74, 6) is 0.618. The molecule has 0 radical (unpaired) electrons. The lowest BCUT2D eigenvalue weighted by Gasteiger charge is -2.15. The van der Waals surface area contributed by atoms with E-state index in [2.05, 4.69) is 45.1 Å². The van der Waals surface area contributed by atoms with Crippen molar-refractivity contribution in [3.05, 3.63) is 40.5 Å². The topological polar surface area (TPSA) is 26.0 Å². The van der Waals surface area contributed by atoms with Gasteiger partial charge in [-0.05, 0) is 60.8 Å². The van der Waals surface area contributed by atoms with Crippen LogP contribution in [0, 0.1) is 0 Å². The van der Waals surface area contributed by atoms with Gasteiger partial charge in [0.2, 0.25) is 0 Å². The van der Waals surface area contributed by atoms with Gasteiger partial charge in [-0.15, -0.1) is 0 Å². The molecule has 0 fully saturated rings. The van der Waals surface area contributed by atoms with Crippen LogP contribution in [0.4, 0.5) is 0 Å². The minimum absolute atomic E-state index is 0.323. The van der Waals surface area contributed by atoms with E-state index >= 15 is 0 Å². The van der Waals surface area contributed by atoms with Gasteiger partial charge in [-0.1, -0.05) is 38.1 Å². The van der Waals surface area contributed by atoms with Crippen molar-refractivity contribution in [1.29, 1.82) is 0 Å². The molecule has 1 aliphatic rings. The van der Waals surface area contributed by atoms with Gasteiger partial charge < -0.3 is 5.73 Å². The Balaban J connectivity index is 2.16. The molecule has 0 saturated heterocycles. The molecule has 0 amide bonds. The molecule has 98 valence electrons. The molecule has 0 aromatic heterocycles. The molecule has 1 aromatic carbocycles. The number of nitrogens with two attached hydrogens (primary N) is 1. The van der Waals surface area contributed by atoms with E-state index in [0.717, 1.165) is 19.3 Å². The zero-order valence-electron chi connectivity index (χ0n) is 11.9. The molecule has 0 aliphatic heterocycles. The number of fused-ring (bicyclic) bond motifs is 1. The van der Waals surface area contributed by atoms with Gasteiger partial charge in [0, 0.05) is 6.04 Å². The summed E-state index contributed by atoms with van der Waals surface area (Å²) in [5, 5.41) is 0. The fraction of sp³-hybridized carbons (Fsp3) is 0.529. The number of hydrogen-bond acceptors (Lipinski definition) is 1. The van der Waals surface area contributed by atoms with Crippen molar-refractivity contribution in [2.75, 3.05) is 0 Å². The number of rotatable bonds is 5. The van der Waals surface area contributed by atoms with Gasteiger partial charge >= 0.3 is 0 Å². The number of benzene rings is 1. The third-order valence-electron chi connectivity index (χ3n) is 3.75. The first-order valence-electron chi connectivity index (χ1n) is 7.15. The Morgan fingerprint density at radius 1 is 1.22 bits per heavy atom. The highest BCUT2D eigenvalue weighted by Gasteiger charge is 2.14. The third kappa shape index (κ3) is 3.02. The predicted octanol–water partition coefficient (Wildman–Crippen LogP) is 4.05. The summed E-state index contributed by atoms with van der Waals surface area (Å²) in [6, 6.07) is 5.10. The van der Waals surface area contributed by atoms with Crippen molar-refractivity contribution in [2.24, 2.45) is 5.73 Å². The van der Waals surface area contributed by atoms with Crippen LogP contribution >= 0.6 is 0 Å². The maximum Gasteiger partial charge on any atom is 0.00105 e. The highest BCUT2D eigenvalue weighted by molar-refractivity contribution is 5.63. The van der Waals surface area contributed by atoms with Gasteiger partial charge in [0.25, 0.3) is 0 Å². The standard InChI is InChI=1S/C17H25N/c1-12(2)17-11-14(7-4-6-13(3)18)10-15-8-5-9-16(15)17/h5,8,10-13H,4,6-7,9,18H2,1-3H3. The first kappa shape index (κ1) is 13.4. The molecule has 0 heterocycles. The molecule has 0 spiro atoms. The van der Waals surface area contributed by atoms with Crippen LogP contribution in [0.15, 0.2) is 18.2 Å². The molecule has 1 heteroatoms. The van der Waals surface area contributed by atoms with Crippen LogP contribution in [0.2, 0.25) is 0 Å². The van der Waals surface area contributed by atoms with Crippen LogP contribution in [-0.2, 0) is 12.8 Å². The molecule has 0 bridgehead atoms. The highest BCUT2D eigenvalue weighted by atomic mass is 14.6. The molecule has 2 rings (SSSR count). The highest BCUT2D eigenvalue weighted by Crippen LogP contribution is 2.30. The summed E-state index contributed by atoms with van der Waals surface area (Å²) in [6.45, 7) is 6.67. The molecule has 0 saturated carbocycles. The van der Waals surface area contributed by atoms with Gasteiger partial charge in [-0.25, -0.2) is 0 Å². The Labute approximate surface area is 111 Å². The summed E-state index contributed by atoms with van der Waals surface area (Å²) in [5.41, 5.74) is 11.8. The number of allylic oxidation sites excluding steroid dienone is 1. The molecule has 18 heavy (non-hydrogen) atoms. The van der Waals surface area contributed by atoms with Crippen molar-refractivity contribution in [2.45, 2.75) is 58.4 Å². The van der Waals surface area contributed by atoms with Crippen LogP contribution in [0.1, 0.15) is 61.8 Å². The molecule has 1 aromatic rings. The average Bonchev–Trinajstić information content (AvgIpc) is 2.75. The van der Waals surface area contributed by atoms with E-state index in [0.29, 0.717) is 12.0 Å². The first-order valence-corrected chi connectivity index (χ1v) is 7.15. The van der Waals surface area contributed by atoms with E-state index in [9.17, 15) is 0 Å². The lowest BCUT2D eigenvalue weighted by molar-refractivity contribution is 0.624. The second-order valence-electron chi connectivity index (χ2n) is 5.88. The van der Waals surface area contributed by atoms with Crippen molar-refractivity contribution in [1.82, 2.24) is 0 Å². The predicted molar refractivity (Wildman–Crippen MR) is 79.9 cm³/mol. The normalized spacial score (nSPS) is 15.2. The van der Waals surface area contributed by atoms with Crippen molar-refractivity contribution >= 4 is 6.08 Å². The summed E-state index contributed by atoms with van der Waals surface area (Å²) in [7, 11) is 0. The van der Waals surface area contributed by atoms with Gasteiger partial charge in [0.15, 0.2) is 0 Å². The largest absolute Gasteiger partial charge is 0.328 e. The second kappa shape index (κ2) is 5.71. The number of aryl methyl sites for hydroxylation is 1. The summed E-state index contributed by atoms with van der Waals surface area (Å²) < 4.78 is 0. The van der Waals surface area contributed by atoms with E-state index in [1.807, 2.05) is 0 Å². The van der Waals surface area contributed by atoms with Crippen molar-refractivity contribution in [3.8, 4) is 0 Å². The minimum atomic E-state index is 0.323. The van der Waals surface area contributed by atoms with E-state index in [-0.39, 0.29) is 0 Å². The fourth-order valence-corrected chi connectivity index (χ4v) is 2.76. The zero-order chi connectivity index (χ0) is 13.1. The third-order valence-corrected chi connectivity index (χ3v) is 3.75. The van der Waals surface area contributed by atoms with Crippen LogP contribution < -0.4 is 5.73 Å². The Bertz CT molecular complexity index is 441. The van der Waals surface area contributed by atoms with Gasteiger partial charge in [0.05, 0.1) is 0 Å². The summed E-state index contributed by atoms with van der Waals surface area (Å²) in [4.78, 5) is 0. The minimum Gasteiger partial charge on any atom is -0.328 e. The molecular weight excluding hydrogens is 218 g/mol. The maximum absolute atomic E-state index is 5.81.